The zero-order chi connectivity index (χ0) is 10.9. The van der Waals surface area contributed by atoms with E-state index < -0.39 is 10.1 Å². The first-order valence-electron chi connectivity index (χ1n) is 4.98. The molecule has 0 atom stereocenters. The number of hydrogen-bond acceptors (Lipinski definition) is 3. The number of benzene rings is 1. The molecule has 82 valence electrons. The van der Waals surface area contributed by atoms with E-state index in [0.717, 1.165) is 19.1 Å². The second kappa shape index (κ2) is 3.94. The molecule has 0 bridgehead atoms. The maximum Gasteiger partial charge on any atom is 0.264 e. The summed E-state index contributed by atoms with van der Waals surface area (Å²) in [6.07, 6.45) is 2.59. The van der Waals surface area contributed by atoms with Crippen molar-refractivity contribution in [2.45, 2.75) is 24.9 Å². The summed E-state index contributed by atoms with van der Waals surface area (Å²) in [7, 11) is -3.29. The molecule has 1 saturated carbocycles. The molecule has 4 heteroatoms. The summed E-state index contributed by atoms with van der Waals surface area (Å²) in [4.78, 5) is 0. The zero-order valence-electron chi connectivity index (χ0n) is 8.59. The van der Waals surface area contributed by atoms with E-state index in [0.29, 0.717) is 5.92 Å². The van der Waals surface area contributed by atoms with Crippen LogP contribution in [0.5, 0.6) is 0 Å². The predicted octanol–water partition coefficient (Wildman–Crippen LogP) is 1.91. The minimum Gasteiger partial charge on any atom is -0.267 e. The fourth-order valence-corrected chi connectivity index (χ4v) is 2.54. The van der Waals surface area contributed by atoms with Crippen molar-refractivity contribution in [2.24, 2.45) is 0 Å². The van der Waals surface area contributed by atoms with E-state index in [1.54, 1.807) is 0 Å². The highest BCUT2D eigenvalue weighted by molar-refractivity contribution is 7.86. The first-order chi connectivity index (χ1) is 7.04. The highest BCUT2D eigenvalue weighted by Crippen LogP contribution is 2.38. The van der Waals surface area contributed by atoms with Crippen LogP contribution in [-0.4, -0.2) is 20.8 Å². The van der Waals surface area contributed by atoms with E-state index in [-0.39, 0.29) is 6.10 Å². The summed E-state index contributed by atoms with van der Waals surface area (Å²) in [5, 5.41) is 0. The average Bonchev–Trinajstić information content (AvgIpc) is 2.11. The van der Waals surface area contributed by atoms with Crippen LogP contribution in [0.2, 0.25) is 0 Å². The van der Waals surface area contributed by atoms with Crippen molar-refractivity contribution in [1.82, 2.24) is 0 Å². The Labute approximate surface area is 90.2 Å². The Kier molecular flexibility index (Phi) is 2.80. The van der Waals surface area contributed by atoms with E-state index in [1.165, 1.54) is 5.56 Å². The van der Waals surface area contributed by atoms with E-state index in [1.807, 2.05) is 18.2 Å². The highest BCUT2D eigenvalue weighted by atomic mass is 32.2. The molecule has 0 aliphatic heterocycles. The van der Waals surface area contributed by atoms with Gasteiger partial charge in [-0.15, -0.1) is 0 Å². The van der Waals surface area contributed by atoms with Gasteiger partial charge in [0.05, 0.1) is 12.4 Å². The van der Waals surface area contributed by atoms with Crippen LogP contribution in [0.15, 0.2) is 30.3 Å². The molecule has 0 radical (unpaired) electrons. The normalized spacial score (nSPS) is 25.9. The molecule has 0 N–H and O–H groups in total. The molecule has 0 saturated heterocycles. The Hall–Kier alpha value is -0.870. The largest absolute Gasteiger partial charge is 0.267 e. The molecule has 1 aromatic carbocycles. The van der Waals surface area contributed by atoms with Gasteiger partial charge in [0, 0.05) is 0 Å². The van der Waals surface area contributed by atoms with Crippen LogP contribution in [0.3, 0.4) is 0 Å². The molecule has 1 aromatic rings. The highest BCUT2D eigenvalue weighted by Gasteiger charge is 2.33. The van der Waals surface area contributed by atoms with Gasteiger partial charge in [-0.2, -0.15) is 8.42 Å². The van der Waals surface area contributed by atoms with Crippen LogP contribution in [0.1, 0.15) is 24.3 Å². The summed E-state index contributed by atoms with van der Waals surface area (Å²) in [5.74, 6) is 0.456. The molecule has 2 rings (SSSR count). The molecular formula is C11H14O3S. The first kappa shape index (κ1) is 10.6. The molecular weight excluding hydrogens is 212 g/mol. The Balaban J connectivity index is 1.89. The molecule has 1 fully saturated rings. The van der Waals surface area contributed by atoms with Crippen LogP contribution in [-0.2, 0) is 14.3 Å². The monoisotopic (exact) mass is 226 g/mol. The molecule has 15 heavy (non-hydrogen) atoms. The molecule has 0 unspecified atom stereocenters. The lowest BCUT2D eigenvalue weighted by Gasteiger charge is -2.34. The van der Waals surface area contributed by atoms with Gasteiger partial charge < -0.3 is 0 Å². The molecule has 0 spiro atoms. The van der Waals surface area contributed by atoms with Crippen LogP contribution in [0, 0.1) is 0 Å². The van der Waals surface area contributed by atoms with Crippen molar-refractivity contribution in [1.29, 1.82) is 0 Å². The van der Waals surface area contributed by atoms with Gasteiger partial charge in [-0.05, 0) is 24.3 Å². The minimum atomic E-state index is -3.29. The van der Waals surface area contributed by atoms with Gasteiger partial charge in [-0.1, -0.05) is 30.3 Å². The van der Waals surface area contributed by atoms with Crippen molar-refractivity contribution in [3.8, 4) is 0 Å². The standard InChI is InChI=1S/C11H14O3S/c1-15(12,13)14-11-7-10(8-11)9-5-3-2-4-6-9/h2-6,10-11H,7-8H2,1H3. The Morgan fingerprint density at radius 2 is 1.80 bits per heavy atom. The molecule has 1 aliphatic carbocycles. The lowest BCUT2D eigenvalue weighted by molar-refractivity contribution is 0.107. The maximum absolute atomic E-state index is 10.9. The van der Waals surface area contributed by atoms with Crippen molar-refractivity contribution in [2.75, 3.05) is 6.26 Å². The van der Waals surface area contributed by atoms with Gasteiger partial charge in [-0.3, -0.25) is 4.18 Å². The third-order valence-electron chi connectivity index (χ3n) is 2.68. The molecule has 1 aliphatic rings. The van der Waals surface area contributed by atoms with E-state index in [9.17, 15) is 8.42 Å². The molecule has 3 nitrogen and oxygen atoms in total. The second-order valence-corrected chi connectivity index (χ2v) is 5.60. The van der Waals surface area contributed by atoms with Gasteiger partial charge >= 0.3 is 0 Å². The third kappa shape index (κ3) is 2.79. The maximum atomic E-state index is 10.9. The Morgan fingerprint density at radius 3 is 2.33 bits per heavy atom. The fraction of sp³-hybridized carbons (Fsp3) is 0.455. The van der Waals surface area contributed by atoms with Crippen molar-refractivity contribution in [3.05, 3.63) is 35.9 Å². The lowest BCUT2D eigenvalue weighted by Crippen LogP contribution is -2.31. The molecule has 0 heterocycles. The van der Waals surface area contributed by atoms with Crippen LogP contribution in [0.4, 0.5) is 0 Å². The molecule has 0 aromatic heterocycles. The van der Waals surface area contributed by atoms with Gasteiger partial charge in [0.2, 0.25) is 0 Å². The zero-order valence-corrected chi connectivity index (χ0v) is 9.41. The summed E-state index contributed by atoms with van der Waals surface area (Å²) in [6.45, 7) is 0. The van der Waals surface area contributed by atoms with Crippen molar-refractivity contribution < 1.29 is 12.6 Å². The van der Waals surface area contributed by atoms with Gasteiger partial charge in [0.25, 0.3) is 10.1 Å². The van der Waals surface area contributed by atoms with E-state index in [4.69, 9.17) is 4.18 Å². The van der Waals surface area contributed by atoms with E-state index in [2.05, 4.69) is 12.1 Å². The fourth-order valence-electron chi connectivity index (χ4n) is 1.89. The summed E-state index contributed by atoms with van der Waals surface area (Å²) >= 11 is 0. The van der Waals surface area contributed by atoms with Crippen molar-refractivity contribution >= 4 is 10.1 Å². The van der Waals surface area contributed by atoms with Gasteiger partial charge in [-0.25, -0.2) is 0 Å². The average molecular weight is 226 g/mol. The topological polar surface area (TPSA) is 43.4 Å². The summed E-state index contributed by atoms with van der Waals surface area (Å²) in [6, 6.07) is 10.1. The lowest BCUT2D eigenvalue weighted by atomic mass is 9.78. The predicted molar refractivity (Wildman–Crippen MR) is 58.1 cm³/mol. The summed E-state index contributed by atoms with van der Waals surface area (Å²) in [5.41, 5.74) is 1.27. The summed E-state index contributed by atoms with van der Waals surface area (Å²) < 4.78 is 26.6. The SMILES string of the molecule is CS(=O)(=O)OC1CC(c2ccccc2)C1. The third-order valence-corrected chi connectivity index (χ3v) is 3.30. The first-order valence-corrected chi connectivity index (χ1v) is 6.79. The van der Waals surface area contributed by atoms with Gasteiger partial charge in [0.15, 0.2) is 0 Å². The smallest absolute Gasteiger partial charge is 0.264 e. The Morgan fingerprint density at radius 1 is 1.20 bits per heavy atom. The second-order valence-electron chi connectivity index (χ2n) is 4.00. The number of hydrogen-bond donors (Lipinski definition) is 0. The quantitative estimate of drug-likeness (QED) is 0.739. The molecule has 0 amide bonds. The Bertz CT molecular complexity index is 418. The van der Waals surface area contributed by atoms with Crippen LogP contribution < -0.4 is 0 Å². The van der Waals surface area contributed by atoms with Gasteiger partial charge in [0.1, 0.15) is 0 Å². The number of rotatable bonds is 3. The minimum absolute atomic E-state index is 0.120. The van der Waals surface area contributed by atoms with E-state index >= 15 is 0 Å². The van der Waals surface area contributed by atoms with Crippen LogP contribution in [0.25, 0.3) is 0 Å². The van der Waals surface area contributed by atoms with Crippen LogP contribution >= 0.6 is 0 Å². The van der Waals surface area contributed by atoms with Crippen molar-refractivity contribution in [3.63, 3.8) is 0 Å².